The third-order valence-electron chi connectivity index (χ3n) is 2.60. The maximum absolute atomic E-state index is 13.1. The second-order valence-corrected chi connectivity index (χ2v) is 4.61. The summed E-state index contributed by atoms with van der Waals surface area (Å²) in [6, 6.07) is 1.18. The molecule has 0 heterocycles. The van der Waals surface area contributed by atoms with Crippen molar-refractivity contribution >= 4 is 29.7 Å². The lowest BCUT2D eigenvalue weighted by Gasteiger charge is -2.27. The standard InChI is InChI=1S/C11H12ClF5N2.ClH/c1-19(2)6-3-4-7(8(12)5-6)9(18)10(13,14)11(15,16)17;/h3-5,9H,18H2,1-2H3;1H/t9-;/m1./s1. The zero-order valence-corrected chi connectivity index (χ0v) is 12.1. The quantitative estimate of drug-likeness (QED) is 0.843. The first-order valence-corrected chi connectivity index (χ1v) is 5.53. The summed E-state index contributed by atoms with van der Waals surface area (Å²) in [7, 11) is 3.35. The molecule has 0 saturated heterocycles. The van der Waals surface area contributed by atoms with Crippen molar-refractivity contribution in [2.75, 3.05) is 19.0 Å². The smallest absolute Gasteiger partial charge is 0.378 e. The maximum atomic E-state index is 13.1. The van der Waals surface area contributed by atoms with Gasteiger partial charge >= 0.3 is 12.1 Å². The summed E-state index contributed by atoms with van der Waals surface area (Å²) in [5.74, 6) is -5.05. The Morgan fingerprint density at radius 1 is 1.15 bits per heavy atom. The predicted octanol–water partition coefficient (Wildman–Crippen LogP) is 4.03. The average Bonchev–Trinajstić information content (AvgIpc) is 2.26. The molecule has 1 aromatic carbocycles. The number of anilines is 1. The van der Waals surface area contributed by atoms with Crippen LogP contribution in [0.25, 0.3) is 0 Å². The Balaban J connectivity index is 0.00000361. The monoisotopic (exact) mass is 338 g/mol. The molecule has 0 spiro atoms. The van der Waals surface area contributed by atoms with Crippen molar-refractivity contribution in [1.82, 2.24) is 0 Å². The Morgan fingerprint density at radius 2 is 1.65 bits per heavy atom. The van der Waals surface area contributed by atoms with Gasteiger partial charge in [-0.3, -0.25) is 0 Å². The van der Waals surface area contributed by atoms with Gasteiger partial charge in [0.1, 0.15) is 6.04 Å². The van der Waals surface area contributed by atoms with E-state index in [1.807, 2.05) is 0 Å². The lowest BCUT2D eigenvalue weighted by Crippen LogP contribution is -2.45. The van der Waals surface area contributed by atoms with Gasteiger partial charge in [0, 0.05) is 24.8 Å². The van der Waals surface area contributed by atoms with Crippen LogP contribution in [0.4, 0.5) is 27.6 Å². The lowest BCUT2D eigenvalue weighted by molar-refractivity contribution is -0.290. The van der Waals surface area contributed by atoms with Crippen molar-refractivity contribution in [1.29, 1.82) is 0 Å². The van der Waals surface area contributed by atoms with E-state index in [4.69, 9.17) is 17.3 Å². The summed E-state index contributed by atoms with van der Waals surface area (Å²) < 4.78 is 62.9. The minimum Gasteiger partial charge on any atom is -0.378 e. The highest BCUT2D eigenvalue weighted by Crippen LogP contribution is 2.44. The Morgan fingerprint density at radius 3 is 2.00 bits per heavy atom. The Hall–Kier alpha value is -0.790. The molecule has 0 aliphatic rings. The molecule has 0 fully saturated rings. The number of halogens is 7. The fourth-order valence-electron chi connectivity index (χ4n) is 1.42. The summed E-state index contributed by atoms with van der Waals surface area (Å²) in [4.78, 5) is 1.63. The number of nitrogens with two attached hydrogens (primary N) is 1. The maximum Gasteiger partial charge on any atom is 0.455 e. The van der Waals surface area contributed by atoms with Gasteiger partial charge in [0.05, 0.1) is 0 Å². The first-order chi connectivity index (χ1) is 8.48. The van der Waals surface area contributed by atoms with Crippen LogP contribution in [0.5, 0.6) is 0 Å². The molecule has 1 aromatic rings. The molecule has 2 nitrogen and oxygen atoms in total. The normalized spacial score (nSPS) is 13.7. The number of hydrogen-bond acceptors (Lipinski definition) is 2. The molecule has 0 aliphatic carbocycles. The van der Waals surface area contributed by atoms with Gasteiger partial charge in [0.2, 0.25) is 0 Å². The van der Waals surface area contributed by atoms with E-state index in [9.17, 15) is 22.0 Å². The third-order valence-corrected chi connectivity index (χ3v) is 2.93. The molecule has 2 N–H and O–H groups in total. The summed E-state index contributed by atoms with van der Waals surface area (Å²) in [6.45, 7) is 0. The fraction of sp³-hybridized carbons (Fsp3) is 0.455. The molecule has 0 unspecified atom stereocenters. The van der Waals surface area contributed by atoms with E-state index in [-0.39, 0.29) is 17.4 Å². The van der Waals surface area contributed by atoms with E-state index in [0.717, 1.165) is 6.07 Å². The highest BCUT2D eigenvalue weighted by molar-refractivity contribution is 6.31. The molecule has 9 heteroatoms. The van der Waals surface area contributed by atoms with E-state index >= 15 is 0 Å². The van der Waals surface area contributed by atoms with Crippen LogP contribution < -0.4 is 10.6 Å². The summed E-state index contributed by atoms with van der Waals surface area (Å²) >= 11 is 5.72. The van der Waals surface area contributed by atoms with Crippen LogP contribution in [0, 0.1) is 0 Å². The number of nitrogens with zero attached hydrogens (tertiary/aromatic N) is 1. The zero-order chi connectivity index (χ0) is 15.0. The van der Waals surface area contributed by atoms with E-state index in [1.54, 1.807) is 19.0 Å². The number of rotatable bonds is 3. The largest absolute Gasteiger partial charge is 0.455 e. The van der Waals surface area contributed by atoms with Crippen molar-refractivity contribution in [3.05, 3.63) is 28.8 Å². The molecule has 0 saturated carbocycles. The number of benzene rings is 1. The van der Waals surface area contributed by atoms with Gasteiger partial charge < -0.3 is 10.6 Å². The second kappa shape index (κ2) is 6.32. The molecule has 20 heavy (non-hydrogen) atoms. The predicted molar refractivity (Wildman–Crippen MR) is 71.0 cm³/mol. The number of alkyl halides is 5. The molecule has 0 radical (unpaired) electrons. The fourth-order valence-corrected chi connectivity index (χ4v) is 1.71. The van der Waals surface area contributed by atoms with Gasteiger partial charge in [-0.15, -0.1) is 12.4 Å². The summed E-state index contributed by atoms with van der Waals surface area (Å²) in [5, 5.41) is -0.234. The SMILES string of the molecule is CN(C)c1ccc([C@@H](N)C(F)(F)C(F)(F)F)c(Cl)c1.Cl. The first-order valence-electron chi connectivity index (χ1n) is 5.15. The lowest BCUT2D eigenvalue weighted by atomic mass is 10.0. The molecule has 0 aliphatic heterocycles. The van der Waals surface area contributed by atoms with Crippen LogP contribution in [-0.2, 0) is 0 Å². The van der Waals surface area contributed by atoms with Crippen LogP contribution in [0.15, 0.2) is 18.2 Å². The number of hydrogen-bond donors (Lipinski definition) is 1. The summed E-state index contributed by atoms with van der Waals surface area (Å²) in [5.41, 5.74) is 5.13. The molecule has 1 atom stereocenters. The van der Waals surface area contributed by atoms with E-state index in [1.165, 1.54) is 12.1 Å². The van der Waals surface area contributed by atoms with Crippen molar-refractivity contribution in [2.45, 2.75) is 18.1 Å². The second-order valence-electron chi connectivity index (χ2n) is 4.20. The minimum atomic E-state index is -5.73. The van der Waals surface area contributed by atoms with Gasteiger partial charge in [0.25, 0.3) is 0 Å². The Bertz CT molecular complexity index is 463. The van der Waals surface area contributed by atoms with Crippen LogP contribution in [0.3, 0.4) is 0 Å². The van der Waals surface area contributed by atoms with Crippen molar-refractivity contribution in [2.24, 2.45) is 5.73 Å². The van der Waals surface area contributed by atoms with E-state index < -0.39 is 23.7 Å². The van der Waals surface area contributed by atoms with Crippen LogP contribution >= 0.6 is 24.0 Å². The Labute approximate surface area is 124 Å². The molecule has 116 valence electrons. The highest BCUT2D eigenvalue weighted by atomic mass is 35.5. The molecular weight excluding hydrogens is 326 g/mol. The Kier molecular flexibility index (Phi) is 6.07. The first kappa shape index (κ1) is 19.2. The zero-order valence-electron chi connectivity index (χ0n) is 10.5. The third kappa shape index (κ3) is 3.65. The van der Waals surface area contributed by atoms with E-state index in [2.05, 4.69) is 0 Å². The molecule has 0 aromatic heterocycles. The van der Waals surface area contributed by atoms with Crippen molar-refractivity contribution in [3.8, 4) is 0 Å². The van der Waals surface area contributed by atoms with Crippen molar-refractivity contribution < 1.29 is 22.0 Å². The molecule has 0 bridgehead atoms. The van der Waals surface area contributed by atoms with Gasteiger partial charge in [-0.2, -0.15) is 22.0 Å². The highest BCUT2D eigenvalue weighted by Gasteiger charge is 2.62. The molecule has 0 amide bonds. The van der Waals surface area contributed by atoms with Gasteiger partial charge in [-0.05, 0) is 17.7 Å². The van der Waals surface area contributed by atoms with Gasteiger partial charge in [0.15, 0.2) is 0 Å². The van der Waals surface area contributed by atoms with Gasteiger partial charge in [-0.1, -0.05) is 17.7 Å². The van der Waals surface area contributed by atoms with Gasteiger partial charge in [-0.25, -0.2) is 0 Å². The van der Waals surface area contributed by atoms with Crippen LogP contribution in [0.1, 0.15) is 11.6 Å². The van der Waals surface area contributed by atoms with Crippen molar-refractivity contribution in [3.63, 3.8) is 0 Å². The van der Waals surface area contributed by atoms with Crippen LogP contribution in [0.2, 0.25) is 5.02 Å². The molecular formula is C11H13Cl2F5N2. The minimum absolute atomic E-state index is 0. The van der Waals surface area contributed by atoms with E-state index in [0.29, 0.717) is 5.69 Å². The average molecular weight is 339 g/mol. The summed E-state index contributed by atoms with van der Waals surface area (Å²) in [6.07, 6.45) is -5.73. The van der Waals surface area contributed by atoms with Crippen LogP contribution in [-0.4, -0.2) is 26.2 Å². The molecule has 1 rings (SSSR count). The topological polar surface area (TPSA) is 29.3 Å².